The van der Waals surface area contributed by atoms with E-state index in [-0.39, 0.29) is 0 Å². The molecule has 0 atom stereocenters. The van der Waals surface area contributed by atoms with Gasteiger partial charge >= 0.3 is 0 Å². The molecule has 1 aromatic heterocycles. The largest absolute Gasteiger partial charge is 0.488 e. The van der Waals surface area contributed by atoms with Crippen LogP contribution in [0, 0.1) is 5.92 Å². The normalized spacial score (nSPS) is 24.8. The summed E-state index contributed by atoms with van der Waals surface area (Å²) in [4.78, 5) is 5.95. The molecule has 25 heavy (non-hydrogen) atoms. The van der Waals surface area contributed by atoms with Gasteiger partial charge in [-0.05, 0) is 55.6 Å². The van der Waals surface area contributed by atoms with Crippen molar-refractivity contribution >= 4 is 33.4 Å². The van der Waals surface area contributed by atoms with Crippen LogP contribution >= 0.6 is 11.6 Å². The Morgan fingerprint density at radius 1 is 1.08 bits per heavy atom. The summed E-state index contributed by atoms with van der Waals surface area (Å²) in [6.07, 6.45) is 2.49. The van der Waals surface area contributed by atoms with E-state index in [2.05, 4.69) is 46.3 Å². The third-order valence-electron chi connectivity index (χ3n) is 5.67. The Morgan fingerprint density at radius 2 is 1.88 bits per heavy atom. The van der Waals surface area contributed by atoms with E-state index in [1.54, 1.807) is 0 Å². The van der Waals surface area contributed by atoms with Crippen LogP contribution in [0.1, 0.15) is 12.8 Å². The molecule has 0 aliphatic carbocycles. The van der Waals surface area contributed by atoms with Crippen LogP contribution in [0.15, 0.2) is 53.1 Å². The van der Waals surface area contributed by atoms with Crippen molar-refractivity contribution in [1.29, 1.82) is 0 Å². The molecule has 3 saturated heterocycles. The highest BCUT2D eigenvalue weighted by atomic mass is 35.5. The van der Waals surface area contributed by atoms with Gasteiger partial charge in [0.25, 0.3) is 0 Å². The number of para-hydroxylation sites is 1. The lowest BCUT2D eigenvalue weighted by Crippen LogP contribution is -2.43. The number of nitrogens with zero attached hydrogens (tertiary/aromatic N) is 1. The van der Waals surface area contributed by atoms with Crippen molar-refractivity contribution in [1.82, 2.24) is 9.88 Å². The SMILES string of the molecule is Cl/C(COc1ccc2c(c1)[nH]c1ccccc12)=C1\CN2CCC1CC2. The molecule has 3 aliphatic rings. The molecule has 0 radical (unpaired) electrons. The molecule has 3 fully saturated rings. The van der Waals surface area contributed by atoms with Crippen molar-refractivity contribution in [3.8, 4) is 5.75 Å². The van der Waals surface area contributed by atoms with E-state index in [0.717, 1.165) is 28.4 Å². The van der Waals surface area contributed by atoms with Gasteiger partial charge in [0.05, 0.1) is 10.5 Å². The minimum atomic E-state index is 0.465. The maximum atomic E-state index is 6.61. The van der Waals surface area contributed by atoms with Crippen molar-refractivity contribution in [2.24, 2.45) is 5.92 Å². The highest BCUT2D eigenvalue weighted by molar-refractivity contribution is 6.30. The van der Waals surface area contributed by atoms with Gasteiger partial charge in [-0.3, -0.25) is 4.90 Å². The monoisotopic (exact) mass is 352 g/mol. The van der Waals surface area contributed by atoms with Gasteiger partial charge in [-0.2, -0.15) is 0 Å². The van der Waals surface area contributed by atoms with Crippen molar-refractivity contribution in [3.63, 3.8) is 0 Å². The number of H-pyrrole nitrogens is 1. The van der Waals surface area contributed by atoms with Crippen LogP contribution in [-0.2, 0) is 0 Å². The number of aromatic nitrogens is 1. The second-order valence-electron chi connectivity index (χ2n) is 7.15. The first-order chi connectivity index (χ1) is 12.3. The molecule has 4 heterocycles. The van der Waals surface area contributed by atoms with Crippen LogP contribution in [0.3, 0.4) is 0 Å². The fraction of sp³-hybridized carbons (Fsp3) is 0.333. The van der Waals surface area contributed by atoms with Gasteiger partial charge < -0.3 is 9.72 Å². The second-order valence-corrected chi connectivity index (χ2v) is 7.60. The first-order valence-corrected chi connectivity index (χ1v) is 9.39. The first-order valence-electron chi connectivity index (χ1n) is 9.01. The molecule has 128 valence electrons. The van der Waals surface area contributed by atoms with Gasteiger partial charge in [-0.15, -0.1) is 0 Å². The number of piperidine rings is 3. The van der Waals surface area contributed by atoms with Gasteiger partial charge in [0.2, 0.25) is 0 Å². The van der Waals surface area contributed by atoms with Gasteiger partial charge in [-0.25, -0.2) is 0 Å². The van der Waals surface area contributed by atoms with E-state index in [0.29, 0.717) is 12.5 Å². The lowest BCUT2D eigenvalue weighted by molar-refractivity contribution is 0.159. The average Bonchev–Trinajstić information content (AvgIpc) is 3.04. The molecule has 3 nitrogen and oxygen atoms in total. The summed E-state index contributed by atoms with van der Waals surface area (Å²) < 4.78 is 6.00. The van der Waals surface area contributed by atoms with Crippen LogP contribution in [0.5, 0.6) is 5.75 Å². The zero-order chi connectivity index (χ0) is 16.8. The Morgan fingerprint density at radius 3 is 2.68 bits per heavy atom. The molecular weight excluding hydrogens is 332 g/mol. The van der Waals surface area contributed by atoms with E-state index < -0.39 is 0 Å². The molecule has 0 saturated carbocycles. The number of hydrogen-bond donors (Lipinski definition) is 1. The third-order valence-corrected chi connectivity index (χ3v) is 6.02. The number of benzene rings is 2. The van der Waals surface area contributed by atoms with Crippen LogP contribution < -0.4 is 4.74 Å². The predicted octanol–water partition coefficient (Wildman–Crippen LogP) is 4.92. The van der Waals surface area contributed by atoms with Crippen LogP contribution in [0.4, 0.5) is 0 Å². The Labute approximate surface area is 152 Å². The Bertz CT molecular complexity index is 966. The molecule has 0 amide bonds. The molecule has 2 bridgehead atoms. The summed E-state index contributed by atoms with van der Waals surface area (Å²) in [5, 5.41) is 3.37. The number of fused-ring (bicyclic) bond motifs is 6. The highest BCUT2D eigenvalue weighted by Gasteiger charge is 2.31. The summed E-state index contributed by atoms with van der Waals surface area (Å²) in [5.74, 6) is 1.52. The number of aromatic amines is 1. The Hall–Kier alpha value is -1.97. The zero-order valence-electron chi connectivity index (χ0n) is 14.1. The quantitative estimate of drug-likeness (QED) is 0.724. The molecule has 1 N–H and O–H groups in total. The zero-order valence-corrected chi connectivity index (χ0v) is 14.9. The minimum absolute atomic E-state index is 0.465. The number of hydrogen-bond acceptors (Lipinski definition) is 2. The lowest BCUT2D eigenvalue weighted by Gasteiger charge is -2.41. The van der Waals surface area contributed by atoms with Crippen LogP contribution in [0.2, 0.25) is 0 Å². The molecular formula is C21H21ClN2O. The van der Waals surface area contributed by atoms with Gasteiger partial charge in [0, 0.05) is 28.9 Å². The van der Waals surface area contributed by atoms with E-state index in [4.69, 9.17) is 16.3 Å². The minimum Gasteiger partial charge on any atom is -0.488 e. The van der Waals surface area contributed by atoms with E-state index in [9.17, 15) is 0 Å². The molecule has 3 aliphatic heterocycles. The van der Waals surface area contributed by atoms with Gasteiger partial charge in [0.15, 0.2) is 0 Å². The Balaban J connectivity index is 1.38. The molecule has 2 aromatic carbocycles. The van der Waals surface area contributed by atoms with Gasteiger partial charge in [-0.1, -0.05) is 29.8 Å². The summed E-state index contributed by atoms with van der Waals surface area (Å²) in [6.45, 7) is 3.92. The lowest BCUT2D eigenvalue weighted by atomic mass is 9.83. The maximum Gasteiger partial charge on any atom is 0.124 e. The number of rotatable bonds is 3. The Kier molecular flexibility index (Phi) is 3.72. The topological polar surface area (TPSA) is 28.3 Å². The fourth-order valence-corrected chi connectivity index (χ4v) is 4.55. The summed E-state index contributed by atoms with van der Waals surface area (Å²) in [6, 6.07) is 14.6. The van der Waals surface area contributed by atoms with Gasteiger partial charge in [0.1, 0.15) is 12.4 Å². The number of nitrogens with one attached hydrogen (secondary N) is 1. The highest BCUT2D eigenvalue weighted by Crippen LogP contribution is 2.35. The van der Waals surface area contributed by atoms with E-state index in [1.165, 1.54) is 42.3 Å². The summed E-state index contributed by atoms with van der Waals surface area (Å²) >= 11 is 6.61. The molecule has 0 spiro atoms. The fourth-order valence-electron chi connectivity index (χ4n) is 4.28. The molecule has 4 heteroatoms. The molecule has 3 aromatic rings. The summed E-state index contributed by atoms with van der Waals surface area (Å²) in [7, 11) is 0. The van der Waals surface area contributed by atoms with Crippen molar-refractivity contribution < 1.29 is 4.74 Å². The maximum absolute atomic E-state index is 6.61. The number of ether oxygens (including phenoxy) is 1. The van der Waals surface area contributed by atoms with E-state index >= 15 is 0 Å². The van der Waals surface area contributed by atoms with Crippen LogP contribution in [0.25, 0.3) is 21.8 Å². The average molecular weight is 353 g/mol. The number of halogens is 1. The summed E-state index contributed by atoms with van der Waals surface area (Å²) in [5.41, 5.74) is 3.65. The van der Waals surface area contributed by atoms with Crippen molar-refractivity contribution in [3.05, 3.63) is 53.1 Å². The van der Waals surface area contributed by atoms with E-state index in [1.807, 2.05) is 6.07 Å². The van der Waals surface area contributed by atoms with Crippen LogP contribution in [-0.4, -0.2) is 36.1 Å². The van der Waals surface area contributed by atoms with Crippen molar-refractivity contribution in [2.75, 3.05) is 26.2 Å². The third kappa shape index (κ3) is 2.72. The smallest absolute Gasteiger partial charge is 0.124 e. The van der Waals surface area contributed by atoms with Crippen molar-refractivity contribution in [2.45, 2.75) is 12.8 Å². The first kappa shape index (κ1) is 15.3. The molecule has 6 rings (SSSR count). The standard InChI is InChI=1S/C21H21ClN2O/c22-19(18-12-24-9-7-14(18)8-10-24)13-25-15-5-6-17-16-3-1-2-4-20(16)23-21(17)11-15/h1-6,11,14,23H,7-10,12-13H2/b19-18+. The predicted molar refractivity (Wildman–Crippen MR) is 103 cm³/mol. The molecule has 0 unspecified atom stereocenters. The second kappa shape index (κ2) is 6.08.